The second kappa shape index (κ2) is 6.51. The van der Waals surface area contributed by atoms with Crippen LogP contribution in [0.2, 0.25) is 0 Å². The van der Waals surface area contributed by atoms with Crippen LogP contribution in [0.1, 0.15) is 16.8 Å². The normalized spacial score (nSPS) is 22.7. The van der Waals surface area contributed by atoms with Gasteiger partial charge < -0.3 is 20.1 Å². The van der Waals surface area contributed by atoms with Gasteiger partial charge in [0.1, 0.15) is 11.4 Å². The van der Waals surface area contributed by atoms with Crippen molar-refractivity contribution in [3.05, 3.63) is 22.3 Å². The van der Waals surface area contributed by atoms with Crippen LogP contribution in [0.3, 0.4) is 0 Å². The number of methoxy groups -OCH3 is 2. The SMILES string of the molecule is COC(=O)c1cc(Br)cnc1N1CCC(N)C(OC)C1. The Bertz CT molecular complexity index is 498. The molecule has 2 atom stereocenters. The maximum atomic E-state index is 11.9. The highest BCUT2D eigenvalue weighted by Gasteiger charge is 2.29. The lowest BCUT2D eigenvalue weighted by Crippen LogP contribution is -2.52. The van der Waals surface area contributed by atoms with Crippen LogP contribution in [0.15, 0.2) is 16.7 Å². The second-order valence-electron chi connectivity index (χ2n) is 4.69. The largest absolute Gasteiger partial charge is 0.465 e. The Labute approximate surface area is 126 Å². The summed E-state index contributed by atoms with van der Waals surface area (Å²) in [7, 11) is 3.00. The molecule has 0 bridgehead atoms. The molecule has 1 aliphatic heterocycles. The quantitative estimate of drug-likeness (QED) is 0.830. The van der Waals surface area contributed by atoms with Crippen molar-refractivity contribution in [1.29, 1.82) is 0 Å². The molecule has 1 saturated heterocycles. The van der Waals surface area contributed by atoms with E-state index in [0.717, 1.165) is 17.4 Å². The fraction of sp³-hybridized carbons (Fsp3) is 0.538. The first-order valence-electron chi connectivity index (χ1n) is 6.34. The molecule has 7 heteroatoms. The third-order valence-electron chi connectivity index (χ3n) is 3.45. The Morgan fingerprint density at radius 3 is 2.95 bits per heavy atom. The maximum Gasteiger partial charge on any atom is 0.341 e. The first-order valence-corrected chi connectivity index (χ1v) is 7.13. The molecule has 0 spiro atoms. The smallest absolute Gasteiger partial charge is 0.341 e. The van der Waals surface area contributed by atoms with E-state index in [1.54, 1.807) is 19.4 Å². The van der Waals surface area contributed by atoms with Crippen LogP contribution >= 0.6 is 15.9 Å². The van der Waals surface area contributed by atoms with E-state index >= 15 is 0 Å². The number of nitrogens with two attached hydrogens (primary N) is 1. The Morgan fingerprint density at radius 1 is 1.55 bits per heavy atom. The van der Waals surface area contributed by atoms with Gasteiger partial charge in [0.15, 0.2) is 0 Å². The summed E-state index contributed by atoms with van der Waals surface area (Å²) in [5, 5.41) is 0. The molecule has 2 heterocycles. The molecule has 1 fully saturated rings. The minimum Gasteiger partial charge on any atom is -0.465 e. The van der Waals surface area contributed by atoms with E-state index in [2.05, 4.69) is 20.9 Å². The van der Waals surface area contributed by atoms with Gasteiger partial charge >= 0.3 is 5.97 Å². The molecule has 0 amide bonds. The van der Waals surface area contributed by atoms with E-state index in [1.165, 1.54) is 7.11 Å². The second-order valence-corrected chi connectivity index (χ2v) is 5.60. The molecule has 20 heavy (non-hydrogen) atoms. The number of carbonyl (C=O) groups excluding carboxylic acids is 1. The Balaban J connectivity index is 2.30. The van der Waals surface area contributed by atoms with Gasteiger partial charge in [0.2, 0.25) is 0 Å². The maximum absolute atomic E-state index is 11.9. The van der Waals surface area contributed by atoms with E-state index in [9.17, 15) is 4.79 Å². The van der Waals surface area contributed by atoms with Gasteiger partial charge in [-0.2, -0.15) is 0 Å². The Hall–Kier alpha value is -1.18. The molecule has 1 aromatic heterocycles. The topological polar surface area (TPSA) is 77.7 Å². The third-order valence-corrected chi connectivity index (χ3v) is 3.88. The van der Waals surface area contributed by atoms with Crippen molar-refractivity contribution < 1.29 is 14.3 Å². The van der Waals surface area contributed by atoms with Crippen LogP contribution in [0.4, 0.5) is 5.82 Å². The number of hydrogen-bond donors (Lipinski definition) is 1. The Morgan fingerprint density at radius 2 is 2.30 bits per heavy atom. The molecule has 2 N–H and O–H groups in total. The molecule has 2 unspecified atom stereocenters. The molecular weight excluding hydrogens is 326 g/mol. The van der Waals surface area contributed by atoms with Crippen LogP contribution in [-0.4, -0.2) is 50.4 Å². The summed E-state index contributed by atoms with van der Waals surface area (Å²) in [5.41, 5.74) is 6.44. The number of esters is 1. The van der Waals surface area contributed by atoms with Gasteiger partial charge in [0, 0.05) is 36.9 Å². The highest BCUT2D eigenvalue weighted by molar-refractivity contribution is 9.10. The molecule has 2 rings (SSSR count). The van der Waals surface area contributed by atoms with Gasteiger partial charge in [-0.25, -0.2) is 9.78 Å². The van der Waals surface area contributed by atoms with Crippen molar-refractivity contribution in [2.75, 3.05) is 32.2 Å². The van der Waals surface area contributed by atoms with E-state index < -0.39 is 5.97 Å². The van der Waals surface area contributed by atoms with Crippen molar-refractivity contribution >= 4 is 27.7 Å². The molecule has 110 valence electrons. The summed E-state index contributed by atoms with van der Waals surface area (Å²) >= 11 is 3.32. The predicted molar refractivity (Wildman–Crippen MR) is 78.9 cm³/mol. The van der Waals surface area contributed by atoms with Gasteiger partial charge in [-0.05, 0) is 28.4 Å². The highest BCUT2D eigenvalue weighted by atomic mass is 79.9. The summed E-state index contributed by atoms with van der Waals surface area (Å²) in [5.74, 6) is 0.201. The van der Waals surface area contributed by atoms with Gasteiger partial charge in [-0.1, -0.05) is 0 Å². The first-order chi connectivity index (χ1) is 9.56. The van der Waals surface area contributed by atoms with Gasteiger partial charge in [-0.15, -0.1) is 0 Å². The molecule has 6 nitrogen and oxygen atoms in total. The highest BCUT2D eigenvalue weighted by Crippen LogP contribution is 2.25. The number of halogens is 1. The Kier molecular flexibility index (Phi) is 4.95. The average molecular weight is 344 g/mol. The average Bonchev–Trinajstić information content (AvgIpc) is 2.47. The fourth-order valence-electron chi connectivity index (χ4n) is 2.32. The van der Waals surface area contributed by atoms with E-state index in [-0.39, 0.29) is 12.1 Å². The number of piperidine rings is 1. The molecule has 0 aromatic carbocycles. The summed E-state index contributed by atoms with van der Waals surface area (Å²) in [4.78, 5) is 18.2. The molecule has 1 aromatic rings. The first kappa shape index (κ1) is 15.2. The number of pyridine rings is 1. The molecule has 0 aliphatic carbocycles. The summed E-state index contributed by atoms with van der Waals surface area (Å²) in [6.45, 7) is 1.34. The van der Waals surface area contributed by atoms with Gasteiger partial charge in [0.05, 0.1) is 13.2 Å². The summed E-state index contributed by atoms with van der Waals surface area (Å²) in [6, 6.07) is 1.72. The number of nitrogens with zero attached hydrogens (tertiary/aromatic N) is 2. The molecule has 0 radical (unpaired) electrons. The number of hydrogen-bond acceptors (Lipinski definition) is 6. The monoisotopic (exact) mass is 343 g/mol. The minimum atomic E-state index is -0.405. The molecular formula is C13H18BrN3O3. The van der Waals surface area contributed by atoms with Crippen LogP contribution in [0.25, 0.3) is 0 Å². The lowest BCUT2D eigenvalue weighted by Gasteiger charge is -2.37. The van der Waals surface area contributed by atoms with Crippen LogP contribution in [0.5, 0.6) is 0 Å². The lowest BCUT2D eigenvalue weighted by atomic mass is 10.0. The van der Waals surface area contributed by atoms with Gasteiger partial charge in [0.25, 0.3) is 0 Å². The van der Waals surface area contributed by atoms with Crippen molar-refractivity contribution in [2.45, 2.75) is 18.6 Å². The van der Waals surface area contributed by atoms with Crippen LogP contribution in [-0.2, 0) is 9.47 Å². The van der Waals surface area contributed by atoms with Crippen molar-refractivity contribution in [3.63, 3.8) is 0 Å². The van der Waals surface area contributed by atoms with E-state index in [4.69, 9.17) is 15.2 Å². The zero-order valence-corrected chi connectivity index (χ0v) is 13.1. The number of aromatic nitrogens is 1. The third kappa shape index (κ3) is 3.11. The minimum absolute atomic E-state index is 0.00766. The van der Waals surface area contributed by atoms with E-state index in [1.807, 2.05) is 4.90 Å². The molecule has 0 saturated carbocycles. The fourth-order valence-corrected chi connectivity index (χ4v) is 2.65. The van der Waals surface area contributed by atoms with Crippen LogP contribution < -0.4 is 10.6 Å². The summed E-state index contributed by atoms with van der Waals surface area (Å²) < 4.78 is 10.9. The van der Waals surface area contributed by atoms with Crippen molar-refractivity contribution in [3.8, 4) is 0 Å². The van der Waals surface area contributed by atoms with Crippen molar-refractivity contribution in [1.82, 2.24) is 4.98 Å². The zero-order valence-electron chi connectivity index (χ0n) is 11.5. The number of anilines is 1. The summed E-state index contributed by atoms with van der Waals surface area (Å²) in [6.07, 6.45) is 2.38. The van der Waals surface area contributed by atoms with Crippen molar-refractivity contribution in [2.24, 2.45) is 5.73 Å². The number of carbonyl (C=O) groups is 1. The standard InChI is InChI=1S/C13H18BrN3O3/c1-19-11-7-17(4-3-10(11)15)12-9(13(18)20-2)5-8(14)6-16-12/h5-6,10-11H,3-4,7,15H2,1-2H3. The predicted octanol–water partition coefficient (Wildman–Crippen LogP) is 1.18. The van der Waals surface area contributed by atoms with Gasteiger partial charge in [-0.3, -0.25) is 0 Å². The number of ether oxygens (including phenoxy) is 2. The molecule has 1 aliphatic rings. The van der Waals surface area contributed by atoms with E-state index in [0.29, 0.717) is 17.9 Å². The number of rotatable bonds is 3. The zero-order chi connectivity index (χ0) is 14.7. The van der Waals surface area contributed by atoms with Crippen LogP contribution in [0, 0.1) is 0 Å². The lowest BCUT2D eigenvalue weighted by molar-refractivity contribution is 0.0597.